The van der Waals surface area contributed by atoms with Gasteiger partial charge in [0.1, 0.15) is 0 Å². The van der Waals surface area contributed by atoms with Gasteiger partial charge in [0, 0.05) is 36.3 Å². The van der Waals surface area contributed by atoms with Gasteiger partial charge in [-0.25, -0.2) is 0 Å². The number of carbonyl (C=O) groups is 1. The number of benzene rings is 1. The molecule has 1 atom stereocenters. The van der Waals surface area contributed by atoms with Crippen LogP contribution in [0.4, 0.5) is 5.69 Å². The van der Waals surface area contributed by atoms with E-state index in [2.05, 4.69) is 17.1 Å². The Morgan fingerprint density at radius 3 is 2.88 bits per heavy atom. The molecular weight excluding hydrogens is 306 g/mol. The number of rotatable bonds is 7. The van der Waals surface area contributed by atoms with Gasteiger partial charge in [-0.1, -0.05) is 13.3 Å². The second-order valence-electron chi connectivity index (χ2n) is 6.46. The first-order chi connectivity index (χ1) is 11.5. The lowest BCUT2D eigenvalue weighted by Crippen LogP contribution is -2.40. The molecule has 0 aliphatic carbocycles. The normalized spacial score (nSPS) is 18.3. The summed E-state index contributed by atoms with van der Waals surface area (Å²) in [4.78, 5) is 25.1. The molecule has 1 heterocycles. The highest BCUT2D eigenvalue weighted by Crippen LogP contribution is 2.20. The van der Waals surface area contributed by atoms with E-state index in [4.69, 9.17) is 0 Å². The Labute approximate surface area is 143 Å². The van der Waals surface area contributed by atoms with Crippen molar-refractivity contribution in [1.29, 1.82) is 0 Å². The highest BCUT2D eigenvalue weighted by molar-refractivity contribution is 5.94. The van der Waals surface area contributed by atoms with Gasteiger partial charge in [0.15, 0.2) is 0 Å². The van der Waals surface area contributed by atoms with Crippen LogP contribution < -0.4 is 5.32 Å². The number of amides is 1. The van der Waals surface area contributed by atoms with Crippen molar-refractivity contribution in [2.24, 2.45) is 0 Å². The van der Waals surface area contributed by atoms with Crippen molar-refractivity contribution >= 4 is 11.6 Å². The zero-order valence-electron chi connectivity index (χ0n) is 14.6. The van der Waals surface area contributed by atoms with Gasteiger partial charge < -0.3 is 10.2 Å². The summed E-state index contributed by atoms with van der Waals surface area (Å²) >= 11 is 0. The maximum absolute atomic E-state index is 12.2. The highest BCUT2D eigenvalue weighted by atomic mass is 16.6. The molecule has 24 heavy (non-hydrogen) atoms. The van der Waals surface area contributed by atoms with Crippen molar-refractivity contribution in [2.75, 3.05) is 19.6 Å². The third-order valence-electron chi connectivity index (χ3n) is 4.78. The molecule has 1 N–H and O–H groups in total. The summed E-state index contributed by atoms with van der Waals surface area (Å²) in [5.41, 5.74) is 1.02. The molecule has 1 aliphatic heterocycles. The van der Waals surface area contributed by atoms with Gasteiger partial charge >= 0.3 is 0 Å². The van der Waals surface area contributed by atoms with E-state index in [1.807, 2.05) is 0 Å². The van der Waals surface area contributed by atoms with Crippen LogP contribution in [0, 0.1) is 17.0 Å². The molecule has 1 unspecified atom stereocenters. The molecule has 0 aromatic heterocycles. The lowest BCUT2D eigenvalue weighted by molar-refractivity contribution is -0.385. The molecule has 132 valence electrons. The number of hydrogen-bond acceptors (Lipinski definition) is 4. The van der Waals surface area contributed by atoms with Crippen LogP contribution in [0.25, 0.3) is 0 Å². The summed E-state index contributed by atoms with van der Waals surface area (Å²) in [6, 6.07) is 5.17. The predicted octanol–water partition coefficient (Wildman–Crippen LogP) is 3.29. The second-order valence-corrected chi connectivity index (χ2v) is 6.46. The molecule has 0 radical (unpaired) electrons. The van der Waals surface area contributed by atoms with Gasteiger partial charge in [0.25, 0.3) is 11.6 Å². The Kier molecular flexibility index (Phi) is 6.73. The number of likely N-dealkylation sites (tertiary alicyclic amines) is 1. The lowest BCUT2D eigenvalue weighted by atomic mass is 10.00. The molecule has 1 amide bonds. The first-order valence-electron chi connectivity index (χ1n) is 8.80. The molecule has 1 fully saturated rings. The molecule has 0 bridgehead atoms. The Morgan fingerprint density at radius 2 is 2.21 bits per heavy atom. The minimum absolute atomic E-state index is 0.0438. The van der Waals surface area contributed by atoms with Crippen LogP contribution in [0.2, 0.25) is 0 Å². The molecule has 6 nitrogen and oxygen atoms in total. The Balaban J connectivity index is 1.79. The molecular formula is C18H27N3O3. The second kappa shape index (κ2) is 8.78. The van der Waals surface area contributed by atoms with Crippen LogP contribution in [0.1, 0.15) is 54.9 Å². The first-order valence-corrected chi connectivity index (χ1v) is 8.80. The fourth-order valence-corrected chi connectivity index (χ4v) is 3.40. The standard InChI is InChI=1S/C18H27N3O3/c1-3-16-7-4-5-11-20(16)12-6-10-19-18(22)15-8-9-17(21(23)24)14(2)13-15/h8-9,13,16H,3-7,10-12H2,1-2H3,(H,19,22). The zero-order chi connectivity index (χ0) is 17.5. The minimum atomic E-state index is -0.431. The third kappa shape index (κ3) is 4.77. The molecule has 1 aromatic rings. The van der Waals surface area contributed by atoms with Gasteiger partial charge in [-0.15, -0.1) is 0 Å². The van der Waals surface area contributed by atoms with E-state index in [1.165, 1.54) is 37.8 Å². The molecule has 1 aromatic carbocycles. The van der Waals surface area contributed by atoms with E-state index >= 15 is 0 Å². The fraction of sp³-hybridized carbons (Fsp3) is 0.611. The van der Waals surface area contributed by atoms with E-state index in [0.717, 1.165) is 19.5 Å². The predicted molar refractivity (Wildman–Crippen MR) is 94.3 cm³/mol. The molecule has 6 heteroatoms. The van der Waals surface area contributed by atoms with Gasteiger partial charge in [0.2, 0.25) is 0 Å². The summed E-state index contributed by atoms with van der Waals surface area (Å²) in [7, 11) is 0. The monoisotopic (exact) mass is 333 g/mol. The van der Waals surface area contributed by atoms with Crippen LogP contribution in [0.3, 0.4) is 0 Å². The van der Waals surface area contributed by atoms with E-state index in [-0.39, 0.29) is 11.6 Å². The van der Waals surface area contributed by atoms with Crippen molar-refractivity contribution in [3.05, 3.63) is 39.4 Å². The molecule has 0 spiro atoms. The fourth-order valence-electron chi connectivity index (χ4n) is 3.40. The average Bonchev–Trinajstić information content (AvgIpc) is 2.58. The van der Waals surface area contributed by atoms with Gasteiger partial charge in [0.05, 0.1) is 4.92 Å². The van der Waals surface area contributed by atoms with Crippen molar-refractivity contribution in [3.63, 3.8) is 0 Å². The van der Waals surface area contributed by atoms with E-state index < -0.39 is 4.92 Å². The third-order valence-corrected chi connectivity index (χ3v) is 4.78. The summed E-state index contributed by atoms with van der Waals surface area (Å²) in [5.74, 6) is -0.168. The Bertz CT molecular complexity index is 589. The van der Waals surface area contributed by atoms with Gasteiger partial charge in [-0.2, -0.15) is 0 Å². The van der Waals surface area contributed by atoms with Crippen molar-refractivity contribution < 1.29 is 9.72 Å². The summed E-state index contributed by atoms with van der Waals surface area (Å²) in [6.45, 7) is 6.69. The summed E-state index contributed by atoms with van der Waals surface area (Å²) in [6.07, 6.45) is 5.99. The van der Waals surface area contributed by atoms with E-state index in [1.54, 1.807) is 13.0 Å². The van der Waals surface area contributed by atoms with Crippen LogP contribution in [-0.4, -0.2) is 41.4 Å². The number of piperidine rings is 1. The Hall–Kier alpha value is -1.95. The number of aryl methyl sites for hydroxylation is 1. The maximum atomic E-state index is 12.2. The van der Waals surface area contributed by atoms with Crippen LogP contribution in [0.15, 0.2) is 18.2 Å². The van der Waals surface area contributed by atoms with Crippen LogP contribution in [-0.2, 0) is 0 Å². The first kappa shape index (κ1) is 18.4. The Morgan fingerprint density at radius 1 is 1.42 bits per heavy atom. The number of nitro groups is 1. The van der Waals surface area contributed by atoms with E-state index in [0.29, 0.717) is 23.7 Å². The minimum Gasteiger partial charge on any atom is -0.352 e. The lowest BCUT2D eigenvalue weighted by Gasteiger charge is -2.35. The molecule has 2 rings (SSSR count). The van der Waals surface area contributed by atoms with Crippen LogP contribution >= 0.6 is 0 Å². The topological polar surface area (TPSA) is 75.5 Å². The largest absolute Gasteiger partial charge is 0.352 e. The van der Waals surface area contributed by atoms with E-state index in [9.17, 15) is 14.9 Å². The number of nitro benzene ring substituents is 1. The number of hydrogen-bond donors (Lipinski definition) is 1. The quantitative estimate of drug-likeness (QED) is 0.472. The van der Waals surface area contributed by atoms with Crippen molar-refractivity contribution in [1.82, 2.24) is 10.2 Å². The molecule has 0 saturated carbocycles. The molecule has 1 saturated heterocycles. The van der Waals surface area contributed by atoms with Gasteiger partial charge in [-0.3, -0.25) is 14.9 Å². The van der Waals surface area contributed by atoms with Crippen LogP contribution in [0.5, 0.6) is 0 Å². The number of nitrogens with one attached hydrogen (secondary N) is 1. The summed E-state index contributed by atoms with van der Waals surface area (Å²) < 4.78 is 0. The van der Waals surface area contributed by atoms with Crippen molar-refractivity contribution in [3.8, 4) is 0 Å². The highest BCUT2D eigenvalue weighted by Gasteiger charge is 2.20. The zero-order valence-corrected chi connectivity index (χ0v) is 14.6. The number of nitrogens with zero attached hydrogens (tertiary/aromatic N) is 2. The molecule has 1 aliphatic rings. The number of carbonyl (C=O) groups excluding carboxylic acids is 1. The summed E-state index contributed by atoms with van der Waals surface area (Å²) in [5, 5.41) is 13.7. The average molecular weight is 333 g/mol. The van der Waals surface area contributed by atoms with Crippen molar-refractivity contribution in [2.45, 2.75) is 52.0 Å². The maximum Gasteiger partial charge on any atom is 0.272 e. The SMILES string of the molecule is CCC1CCCCN1CCCNC(=O)c1ccc([N+](=O)[O-])c(C)c1. The smallest absolute Gasteiger partial charge is 0.272 e. The van der Waals surface area contributed by atoms with Gasteiger partial charge in [-0.05, 0) is 51.3 Å².